The van der Waals surface area contributed by atoms with Gasteiger partial charge in [-0.25, -0.2) is 0 Å². The normalized spacial score (nSPS) is 16.2. The van der Waals surface area contributed by atoms with Gasteiger partial charge in [0.25, 0.3) is 0 Å². The quantitative estimate of drug-likeness (QED) is 0.818. The number of benzene rings is 1. The number of nitriles is 1. The summed E-state index contributed by atoms with van der Waals surface area (Å²) in [7, 11) is 0. The molecule has 1 aromatic rings. The van der Waals surface area contributed by atoms with Crippen LogP contribution in [0.15, 0.2) is 18.2 Å². The molecule has 1 fully saturated rings. The molecule has 0 spiro atoms. The lowest BCUT2D eigenvalue weighted by Gasteiger charge is -2.33. The Bertz CT molecular complexity index is 554. The van der Waals surface area contributed by atoms with Crippen LogP contribution < -0.4 is 5.32 Å². The van der Waals surface area contributed by atoms with Crippen LogP contribution in [0.1, 0.15) is 55.5 Å². The molecule has 1 aliphatic rings. The van der Waals surface area contributed by atoms with E-state index < -0.39 is 0 Å². The Hall–Kier alpha value is -1.86. The predicted molar refractivity (Wildman–Crippen MR) is 89.2 cm³/mol. The van der Waals surface area contributed by atoms with E-state index in [1.165, 1.54) is 19.4 Å². The van der Waals surface area contributed by atoms with E-state index in [0.29, 0.717) is 17.2 Å². The van der Waals surface area contributed by atoms with Crippen LogP contribution in [0.25, 0.3) is 0 Å². The highest BCUT2D eigenvalue weighted by molar-refractivity contribution is 5.99. The first kappa shape index (κ1) is 16.5. The van der Waals surface area contributed by atoms with Gasteiger partial charge in [-0.05, 0) is 50.9 Å². The van der Waals surface area contributed by atoms with Crippen LogP contribution in [0.2, 0.25) is 0 Å². The van der Waals surface area contributed by atoms with Crippen LogP contribution in [0.3, 0.4) is 0 Å². The lowest BCUT2D eigenvalue weighted by molar-refractivity contribution is 0.101. The Morgan fingerprint density at radius 3 is 2.73 bits per heavy atom. The molecule has 0 bridgehead atoms. The monoisotopic (exact) mass is 299 g/mol. The molecule has 0 amide bonds. The number of nitrogens with zero attached hydrogens (tertiary/aromatic N) is 2. The minimum atomic E-state index is 0.0346. The van der Waals surface area contributed by atoms with Gasteiger partial charge in [-0.15, -0.1) is 0 Å². The Kier molecular flexibility index (Phi) is 5.97. The first-order valence-electron chi connectivity index (χ1n) is 8.18. The van der Waals surface area contributed by atoms with Crippen molar-refractivity contribution in [2.75, 3.05) is 25.0 Å². The maximum Gasteiger partial charge on any atom is 0.161 e. The summed E-state index contributed by atoms with van der Waals surface area (Å²) in [5.41, 5.74) is 2.07. The van der Waals surface area contributed by atoms with Gasteiger partial charge in [-0.3, -0.25) is 4.79 Å². The largest absolute Gasteiger partial charge is 0.382 e. The van der Waals surface area contributed by atoms with Crippen molar-refractivity contribution < 1.29 is 4.79 Å². The van der Waals surface area contributed by atoms with Crippen LogP contribution >= 0.6 is 0 Å². The molecular formula is C18H25N3O. The van der Waals surface area contributed by atoms with E-state index in [1.807, 2.05) is 0 Å². The van der Waals surface area contributed by atoms with Crippen LogP contribution in [-0.2, 0) is 0 Å². The Morgan fingerprint density at radius 1 is 1.41 bits per heavy atom. The first-order valence-corrected chi connectivity index (χ1v) is 8.18. The predicted octanol–water partition coefficient (Wildman–Crippen LogP) is 3.44. The summed E-state index contributed by atoms with van der Waals surface area (Å²) in [5, 5.41) is 12.5. The zero-order valence-corrected chi connectivity index (χ0v) is 13.6. The molecule has 4 nitrogen and oxygen atoms in total. The van der Waals surface area contributed by atoms with Crippen molar-refractivity contribution in [3.63, 3.8) is 0 Å². The third-order valence-corrected chi connectivity index (χ3v) is 4.30. The van der Waals surface area contributed by atoms with Crippen LogP contribution in [0, 0.1) is 11.3 Å². The second-order valence-corrected chi connectivity index (χ2v) is 6.04. The highest BCUT2D eigenvalue weighted by atomic mass is 16.1. The summed E-state index contributed by atoms with van der Waals surface area (Å²) < 4.78 is 0. The fourth-order valence-electron chi connectivity index (χ4n) is 2.94. The van der Waals surface area contributed by atoms with E-state index in [9.17, 15) is 4.79 Å². The maximum absolute atomic E-state index is 11.7. The van der Waals surface area contributed by atoms with E-state index in [1.54, 1.807) is 25.1 Å². The molecule has 0 radical (unpaired) electrons. The molecule has 2 rings (SSSR count). The molecule has 0 aliphatic carbocycles. The fourth-order valence-corrected chi connectivity index (χ4v) is 2.94. The maximum atomic E-state index is 11.7. The van der Waals surface area contributed by atoms with Crippen molar-refractivity contribution in [3.05, 3.63) is 29.3 Å². The van der Waals surface area contributed by atoms with E-state index in [2.05, 4.69) is 23.2 Å². The molecule has 118 valence electrons. The highest BCUT2D eigenvalue weighted by Crippen LogP contribution is 2.22. The van der Waals surface area contributed by atoms with Crippen molar-refractivity contribution in [3.8, 4) is 6.07 Å². The van der Waals surface area contributed by atoms with Crippen molar-refractivity contribution in [1.29, 1.82) is 5.26 Å². The average Bonchev–Trinajstić information content (AvgIpc) is 2.54. The summed E-state index contributed by atoms with van der Waals surface area (Å²) in [6, 6.07) is 7.77. The van der Waals surface area contributed by atoms with Gasteiger partial charge in [0.2, 0.25) is 0 Å². The summed E-state index contributed by atoms with van der Waals surface area (Å²) in [5.74, 6) is 0.0346. The van der Waals surface area contributed by atoms with Crippen LogP contribution in [0.5, 0.6) is 0 Å². The number of carbonyl (C=O) groups is 1. The van der Waals surface area contributed by atoms with Gasteiger partial charge in [0, 0.05) is 30.4 Å². The molecule has 1 aromatic carbocycles. The van der Waals surface area contributed by atoms with Crippen molar-refractivity contribution in [1.82, 2.24) is 4.90 Å². The molecule has 1 heterocycles. The minimum Gasteiger partial charge on any atom is -0.382 e. The summed E-state index contributed by atoms with van der Waals surface area (Å²) >= 11 is 0. The van der Waals surface area contributed by atoms with Crippen molar-refractivity contribution in [2.24, 2.45) is 0 Å². The topological polar surface area (TPSA) is 56.1 Å². The second kappa shape index (κ2) is 7.95. The Morgan fingerprint density at radius 2 is 2.14 bits per heavy atom. The number of rotatable bonds is 6. The van der Waals surface area contributed by atoms with Gasteiger partial charge in [-0.2, -0.15) is 5.26 Å². The molecule has 1 aliphatic heterocycles. The third-order valence-electron chi connectivity index (χ3n) is 4.30. The summed E-state index contributed by atoms with van der Waals surface area (Å²) in [6.45, 7) is 7.18. The zero-order valence-electron chi connectivity index (χ0n) is 13.6. The number of carbonyl (C=O) groups excluding carboxylic acids is 1. The van der Waals surface area contributed by atoms with E-state index in [4.69, 9.17) is 5.26 Å². The molecule has 1 saturated heterocycles. The molecule has 0 unspecified atom stereocenters. The lowest BCUT2D eigenvalue weighted by Crippen LogP contribution is -2.39. The molecule has 0 saturated carbocycles. The molecule has 1 N–H and O–H groups in total. The smallest absolute Gasteiger partial charge is 0.161 e. The molecule has 0 atom stereocenters. The van der Waals surface area contributed by atoms with Gasteiger partial charge in [0.1, 0.15) is 0 Å². The Labute approximate surface area is 133 Å². The summed E-state index contributed by atoms with van der Waals surface area (Å²) in [4.78, 5) is 14.3. The second-order valence-electron chi connectivity index (χ2n) is 6.04. The number of hydrogen-bond donors (Lipinski definition) is 1. The molecule has 0 aromatic heterocycles. The van der Waals surface area contributed by atoms with E-state index >= 15 is 0 Å². The minimum absolute atomic E-state index is 0.0346. The van der Waals surface area contributed by atoms with Gasteiger partial charge >= 0.3 is 0 Å². The average molecular weight is 299 g/mol. The number of ketones is 1. The van der Waals surface area contributed by atoms with Crippen LogP contribution in [0.4, 0.5) is 5.69 Å². The SMILES string of the molecule is CCCCN1CCC(Nc2cc(C#N)ccc2C(C)=O)CC1. The molecule has 4 heteroatoms. The number of likely N-dealkylation sites (tertiary alicyclic amines) is 1. The fraction of sp³-hybridized carbons (Fsp3) is 0.556. The molecule has 22 heavy (non-hydrogen) atoms. The number of anilines is 1. The standard InChI is InChI=1S/C18H25N3O/c1-3-4-9-21-10-7-16(8-11-21)20-18-12-15(13-19)5-6-17(18)14(2)22/h5-6,12,16,20H,3-4,7-11H2,1-2H3. The number of nitrogens with one attached hydrogen (secondary N) is 1. The number of Topliss-reactive ketones (excluding diaryl/α,β-unsaturated/α-hetero) is 1. The van der Waals surface area contributed by atoms with Crippen LogP contribution in [-0.4, -0.2) is 36.4 Å². The molecular weight excluding hydrogens is 274 g/mol. The Balaban J connectivity index is 1.99. The first-order chi connectivity index (χ1) is 10.6. The van der Waals surface area contributed by atoms with Gasteiger partial charge < -0.3 is 10.2 Å². The highest BCUT2D eigenvalue weighted by Gasteiger charge is 2.20. The summed E-state index contributed by atoms with van der Waals surface area (Å²) in [6.07, 6.45) is 4.66. The lowest BCUT2D eigenvalue weighted by atomic mass is 10.0. The third kappa shape index (κ3) is 4.32. The van der Waals surface area contributed by atoms with Crippen molar-refractivity contribution >= 4 is 11.5 Å². The van der Waals surface area contributed by atoms with E-state index in [0.717, 1.165) is 31.6 Å². The van der Waals surface area contributed by atoms with Gasteiger partial charge in [0.05, 0.1) is 11.6 Å². The van der Waals surface area contributed by atoms with Gasteiger partial charge in [0.15, 0.2) is 5.78 Å². The van der Waals surface area contributed by atoms with Crippen molar-refractivity contribution in [2.45, 2.75) is 45.6 Å². The zero-order chi connectivity index (χ0) is 15.9. The number of piperidine rings is 1. The van der Waals surface area contributed by atoms with Gasteiger partial charge in [-0.1, -0.05) is 13.3 Å². The van der Waals surface area contributed by atoms with E-state index in [-0.39, 0.29) is 5.78 Å². The number of hydrogen-bond acceptors (Lipinski definition) is 4. The number of unbranched alkanes of at least 4 members (excludes halogenated alkanes) is 1.